The van der Waals surface area contributed by atoms with Crippen molar-refractivity contribution < 1.29 is 17.9 Å². The Morgan fingerprint density at radius 3 is 2.09 bits per heavy atom. The number of likely N-dealkylation sites (tertiary alicyclic amines) is 1. The lowest BCUT2D eigenvalue weighted by Crippen LogP contribution is -2.50. The minimum Gasteiger partial charge on any atom is -0.445 e. The molecule has 1 amide bonds. The average molecular weight is 604 g/mol. The number of rotatable bonds is 13. The molecule has 8 heteroatoms. The van der Waals surface area contributed by atoms with E-state index >= 15 is 0 Å². The molecular formula is C35H45N3O4S. The highest BCUT2D eigenvalue weighted by atomic mass is 32.2. The van der Waals surface area contributed by atoms with Crippen LogP contribution in [0.5, 0.6) is 0 Å². The summed E-state index contributed by atoms with van der Waals surface area (Å²) >= 11 is 0. The van der Waals surface area contributed by atoms with Crippen LogP contribution in [-0.2, 0) is 21.4 Å². The van der Waals surface area contributed by atoms with E-state index in [1.165, 1.54) is 23.6 Å². The van der Waals surface area contributed by atoms with E-state index in [0.717, 1.165) is 56.6 Å². The second-order valence-corrected chi connectivity index (χ2v) is 14.1. The topological polar surface area (TPSA) is 70.2 Å². The molecule has 3 aromatic rings. The first-order valence-corrected chi connectivity index (χ1v) is 17.1. The van der Waals surface area contributed by atoms with Crippen molar-refractivity contribution in [3.05, 3.63) is 102 Å². The summed E-state index contributed by atoms with van der Waals surface area (Å²) in [5.74, 6) is 0.656. The van der Waals surface area contributed by atoms with Crippen molar-refractivity contribution in [2.75, 3.05) is 39.8 Å². The first-order chi connectivity index (χ1) is 20.9. The number of piperidine rings is 1. The van der Waals surface area contributed by atoms with E-state index in [4.69, 9.17) is 4.74 Å². The van der Waals surface area contributed by atoms with E-state index in [9.17, 15) is 13.2 Å². The number of ether oxygens (including phenoxy) is 1. The van der Waals surface area contributed by atoms with E-state index < -0.39 is 10.0 Å². The molecule has 2 aliphatic rings. The molecule has 2 fully saturated rings. The molecule has 0 unspecified atom stereocenters. The van der Waals surface area contributed by atoms with Gasteiger partial charge in [0.05, 0.1) is 4.90 Å². The Bertz CT molecular complexity index is 1380. The van der Waals surface area contributed by atoms with E-state index in [-0.39, 0.29) is 18.1 Å². The zero-order chi connectivity index (χ0) is 30.1. The van der Waals surface area contributed by atoms with Crippen LogP contribution in [0.3, 0.4) is 0 Å². The molecule has 43 heavy (non-hydrogen) atoms. The second-order valence-electron chi connectivity index (χ2n) is 12.1. The molecule has 1 heterocycles. The summed E-state index contributed by atoms with van der Waals surface area (Å²) < 4.78 is 33.8. The normalized spacial score (nSPS) is 17.3. The Morgan fingerprint density at radius 1 is 0.884 bits per heavy atom. The van der Waals surface area contributed by atoms with Crippen LogP contribution < -0.4 is 0 Å². The lowest BCUT2D eigenvalue weighted by molar-refractivity contribution is 0.0456. The van der Waals surface area contributed by atoms with E-state index in [2.05, 4.69) is 17.0 Å². The molecule has 1 aliphatic carbocycles. The fourth-order valence-electron chi connectivity index (χ4n) is 6.19. The fraction of sp³-hybridized carbons (Fsp3) is 0.457. The molecule has 1 atom stereocenters. The Morgan fingerprint density at radius 2 is 1.49 bits per heavy atom. The Kier molecular flexibility index (Phi) is 10.9. The van der Waals surface area contributed by atoms with Gasteiger partial charge in [0.1, 0.15) is 6.61 Å². The van der Waals surface area contributed by atoms with Gasteiger partial charge in [0.2, 0.25) is 10.0 Å². The third kappa shape index (κ3) is 8.46. The summed E-state index contributed by atoms with van der Waals surface area (Å²) in [6, 6.07) is 28.9. The number of benzene rings is 3. The standard InChI is InChI=1S/C35H45N3O4S/c1-36(43(40,41)34-18-9-4-10-19-34)27-32(31-16-7-3-8-17-31)20-23-37-24-21-33(22-25-37)38(26-29-14-11-15-29)35(39)42-28-30-12-5-2-6-13-30/h2-10,12-13,16-19,29,32-33H,11,14-15,20-28H2,1H3/t32-/m0/s1. The first kappa shape index (κ1) is 31.2. The number of carbonyl (C=O) groups is 1. The van der Waals surface area contributed by atoms with Crippen molar-refractivity contribution in [3.63, 3.8) is 0 Å². The van der Waals surface area contributed by atoms with Crippen molar-refractivity contribution in [2.24, 2.45) is 5.92 Å². The van der Waals surface area contributed by atoms with Gasteiger partial charge in [0, 0.05) is 39.3 Å². The maximum Gasteiger partial charge on any atom is 0.410 e. The SMILES string of the molecule is CN(C[C@H](CCN1CCC(N(CC2CCC2)C(=O)OCc2ccccc2)CC1)c1ccccc1)S(=O)(=O)c1ccccc1. The number of hydrogen-bond donors (Lipinski definition) is 0. The predicted octanol–water partition coefficient (Wildman–Crippen LogP) is 6.38. The lowest BCUT2D eigenvalue weighted by atomic mass is 9.84. The lowest BCUT2D eigenvalue weighted by Gasteiger charge is -2.41. The number of sulfonamides is 1. The molecule has 5 rings (SSSR count). The van der Waals surface area contributed by atoms with Crippen LogP contribution in [0.1, 0.15) is 55.6 Å². The summed E-state index contributed by atoms with van der Waals surface area (Å²) in [4.78, 5) is 18.1. The Hall–Kier alpha value is -3.20. The number of carbonyl (C=O) groups excluding carboxylic acids is 1. The molecule has 0 bridgehead atoms. The smallest absolute Gasteiger partial charge is 0.410 e. The summed E-state index contributed by atoms with van der Waals surface area (Å²) in [6.07, 6.45) is 6.14. The highest BCUT2D eigenvalue weighted by Crippen LogP contribution is 2.30. The van der Waals surface area contributed by atoms with Gasteiger partial charge < -0.3 is 14.5 Å². The monoisotopic (exact) mass is 603 g/mol. The van der Waals surface area contributed by atoms with E-state index in [1.807, 2.05) is 59.5 Å². The van der Waals surface area contributed by atoms with Gasteiger partial charge in [-0.25, -0.2) is 17.5 Å². The van der Waals surface area contributed by atoms with Gasteiger partial charge in [-0.05, 0) is 73.7 Å². The fourth-order valence-corrected chi connectivity index (χ4v) is 7.43. The van der Waals surface area contributed by atoms with Gasteiger partial charge in [-0.2, -0.15) is 0 Å². The molecule has 1 saturated heterocycles. The van der Waals surface area contributed by atoms with Crippen LogP contribution in [0.15, 0.2) is 95.9 Å². The van der Waals surface area contributed by atoms with E-state index in [1.54, 1.807) is 31.3 Å². The second kappa shape index (κ2) is 15.0. The van der Waals surface area contributed by atoms with Gasteiger partial charge >= 0.3 is 6.09 Å². The van der Waals surface area contributed by atoms with Crippen LogP contribution in [0.4, 0.5) is 4.79 Å². The Balaban J connectivity index is 1.17. The van der Waals surface area contributed by atoms with Crippen molar-refractivity contribution >= 4 is 16.1 Å². The van der Waals surface area contributed by atoms with Gasteiger partial charge in [0.25, 0.3) is 0 Å². The molecule has 0 aromatic heterocycles. The highest BCUT2D eigenvalue weighted by Gasteiger charge is 2.33. The summed E-state index contributed by atoms with van der Waals surface area (Å²) in [7, 11) is -1.89. The number of hydrogen-bond acceptors (Lipinski definition) is 5. The summed E-state index contributed by atoms with van der Waals surface area (Å²) in [6.45, 7) is 4.22. The van der Waals surface area contributed by atoms with Crippen LogP contribution in [0.25, 0.3) is 0 Å². The Labute approximate surface area is 257 Å². The predicted molar refractivity (Wildman–Crippen MR) is 170 cm³/mol. The number of nitrogens with zero attached hydrogens (tertiary/aromatic N) is 3. The summed E-state index contributed by atoms with van der Waals surface area (Å²) in [5.41, 5.74) is 2.16. The molecule has 1 aliphatic heterocycles. The molecule has 7 nitrogen and oxygen atoms in total. The van der Waals surface area contributed by atoms with Crippen molar-refractivity contribution in [1.82, 2.24) is 14.1 Å². The highest BCUT2D eigenvalue weighted by molar-refractivity contribution is 7.89. The van der Waals surface area contributed by atoms with Crippen LogP contribution in [0, 0.1) is 5.92 Å². The first-order valence-electron chi connectivity index (χ1n) is 15.7. The van der Waals surface area contributed by atoms with Gasteiger partial charge in [-0.15, -0.1) is 0 Å². The largest absolute Gasteiger partial charge is 0.445 e. The number of amides is 1. The molecule has 1 saturated carbocycles. The molecule has 0 radical (unpaired) electrons. The zero-order valence-corrected chi connectivity index (χ0v) is 26.1. The third-order valence-electron chi connectivity index (χ3n) is 9.11. The van der Waals surface area contributed by atoms with Crippen molar-refractivity contribution in [2.45, 2.75) is 62.0 Å². The maximum atomic E-state index is 13.3. The summed E-state index contributed by atoms with van der Waals surface area (Å²) in [5, 5.41) is 0. The van der Waals surface area contributed by atoms with Gasteiger partial charge in [-0.1, -0.05) is 85.3 Å². The molecule has 0 spiro atoms. The minimum absolute atomic E-state index is 0.0745. The van der Waals surface area contributed by atoms with Gasteiger partial charge in [0.15, 0.2) is 0 Å². The van der Waals surface area contributed by atoms with Crippen LogP contribution in [-0.4, -0.2) is 74.4 Å². The van der Waals surface area contributed by atoms with Gasteiger partial charge in [-0.3, -0.25) is 0 Å². The third-order valence-corrected chi connectivity index (χ3v) is 10.9. The van der Waals surface area contributed by atoms with Crippen molar-refractivity contribution in [3.8, 4) is 0 Å². The quantitative estimate of drug-likeness (QED) is 0.227. The zero-order valence-electron chi connectivity index (χ0n) is 25.3. The number of likely N-dealkylation sites (N-methyl/N-ethyl adjacent to an activating group) is 1. The van der Waals surface area contributed by atoms with E-state index in [0.29, 0.717) is 24.0 Å². The van der Waals surface area contributed by atoms with Crippen molar-refractivity contribution in [1.29, 1.82) is 0 Å². The molecular weight excluding hydrogens is 558 g/mol. The molecule has 3 aromatic carbocycles. The molecule has 230 valence electrons. The molecule has 0 N–H and O–H groups in total. The average Bonchev–Trinajstić information content (AvgIpc) is 3.03. The maximum absolute atomic E-state index is 13.3. The van der Waals surface area contributed by atoms with Crippen LogP contribution in [0.2, 0.25) is 0 Å². The minimum atomic E-state index is -3.57. The van der Waals surface area contributed by atoms with Crippen LogP contribution >= 0.6 is 0 Å².